The summed E-state index contributed by atoms with van der Waals surface area (Å²) in [5.41, 5.74) is 0. The summed E-state index contributed by atoms with van der Waals surface area (Å²) in [6.45, 7) is 2.75. The Hall–Kier alpha value is -1.14. The van der Waals surface area contributed by atoms with E-state index >= 15 is 0 Å². The molecule has 0 spiro atoms. The molecule has 0 rings (SSSR count). The van der Waals surface area contributed by atoms with Gasteiger partial charge in [-0.1, -0.05) is 12.8 Å². The first-order valence-electron chi connectivity index (χ1n) is 6.28. The second kappa shape index (κ2) is 11.0. The van der Waals surface area contributed by atoms with Crippen LogP contribution in [0.3, 0.4) is 0 Å². The molecule has 0 heterocycles. The summed E-state index contributed by atoms with van der Waals surface area (Å²) in [7, 11) is 1.30. The number of hydrogen-bond donors (Lipinski definition) is 3. The summed E-state index contributed by atoms with van der Waals surface area (Å²) in [4.78, 5) is 22.3. The molecule has 18 heavy (non-hydrogen) atoms. The van der Waals surface area contributed by atoms with Gasteiger partial charge in [0.15, 0.2) is 0 Å². The highest BCUT2D eigenvalue weighted by Crippen LogP contribution is 1.97. The van der Waals surface area contributed by atoms with Crippen LogP contribution in [0.5, 0.6) is 0 Å². The van der Waals surface area contributed by atoms with E-state index in [4.69, 9.17) is 5.11 Å². The van der Waals surface area contributed by atoms with Crippen LogP contribution in [-0.4, -0.2) is 49.8 Å². The van der Waals surface area contributed by atoms with Crippen LogP contribution in [0.15, 0.2) is 0 Å². The number of methoxy groups -OCH3 is 1. The smallest absolute Gasteiger partial charge is 0.329 e. The third kappa shape index (κ3) is 8.95. The minimum atomic E-state index is -0.634. The number of carbonyl (C=O) groups excluding carboxylic acids is 2. The normalized spacial score (nSPS) is 11.9. The van der Waals surface area contributed by atoms with Gasteiger partial charge in [-0.2, -0.15) is 0 Å². The van der Waals surface area contributed by atoms with E-state index in [0.717, 1.165) is 32.2 Å². The number of aliphatic hydroxyl groups is 1. The molecule has 0 fully saturated rings. The molecule has 0 saturated heterocycles. The van der Waals surface area contributed by atoms with Crippen molar-refractivity contribution in [2.45, 2.75) is 38.6 Å². The summed E-state index contributed by atoms with van der Waals surface area (Å²) in [5.74, 6) is -0.701. The van der Waals surface area contributed by atoms with E-state index in [2.05, 4.69) is 15.4 Å². The fourth-order valence-corrected chi connectivity index (χ4v) is 1.54. The van der Waals surface area contributed by atoms with Gasteiger partial charge in [0.1, 0.15) is 6.04 Å². The largest absolute Gasteiger partial charge is 0.467 e. The molecule has 0 bridgehead atoms. The molecular formula is C12H24N2O4. The second-order valence-electron chi connectivity index (χ2n) is 4.12. The van der Waals surface area contributed by atoms with Gasteiger partial charge in [-0.05, 0) is 19.4 Å². The van der Waals surface area contributed by atoms with Crippen molar-refractivity contribution in [1.29, 1.82) is 0 Å². The van der Waals surface area contributed by atoms with Gasteiger partial charge < -0.3 is 20.5 Å². The fraction of sp³-hybridized carbons (Fsp3) is 0.833. The second-order valence-corrected chi connectivity index (χ2v) is 4.12. The fourth-order valence-electron chi connectivity index (χ4n) is 1.54. The number of hydrogen-bond acceptors (Lipinski definition) is 5. The number of carbonyl (C=O) groups is 2. The molecule has 0 aromatic carbocycles. The van der Waals surface area contributed by atoms with Crippen LogP contribution in [0.4, 0.5) is 0 Å². The molecule has 106 valence electrons. The monoisotopic (exact) mass is 260 g/mol. The Labute approximate surface area is 108 Å². The predicted molar refractivity (Wildman–Crippen MR) is 68.0 cm³/mol. The lowest BCUT2D eigenvalue weighted by atomic mass is 10.2. The lowest BCUT2D eigenvalue weighted by molar-refractivity contribution is -0.144. The van der Waals surface area contributed by atoms with E-state index in [0.29, 0.717) is 6.54 Å². The highest BCUT2D eigenvalue weighted by atomic mass is 16.5. The van der Waals surface area contributed by atoms with Gasteiger partial charge in [0.05, 0.1) is 7.11 Å². The van der Waals surface area contributed by atoms with E-state index < -0.39 is 12.0 Å². The predicted octanol–water partition coefficient (Wildman–Crippen LogP) is -0.194. The Kier molecular flexibility index (Phi) is 10.3. The lowest BCUT2D eigenvalue weighted by Gasteiger charge is -2.16. The van der Waals surface area contributed by atoms with E-state index in [1.807, 2.05) is 0 Å². The third-order valence-electron chi connectivity index (χ3n) is 2.47. The number of unbranched alkanes of at least 4 members (excludes halogenated alkanes) is 3. The van der Waals surface area contributed by atoms with Crippen LogP contribution < -0.4 is 10.6 Å². The first kappa shape index (κ1) is 16.9. The minimum Gasteiger partial charge on any atom is -0.467 e. The van der Waals surface area contributed by atoms with Crippen molar-refractivity contribution < 1.29 is 19.4 Å². The molecule has 1 unspecified atom stereocenters. The number of amides is 1. The summed E-state index contributed by atoms with van der Waals surface area (Å²) in [5, 5.41) is 14.2. The number of esters is 1. The molecule has 3 N–H and O–H groups in total. The number of ether oxygens (including phenoxy) is 1. The molecule has 1 atom stereocenters. The van der Waals surface area contributed by atoms with Crippen molar-refractivity contribution in [3.63, 3.8) is 0 Å². The van der Waals surface area contributed by atoms with Gasteiger partial charge in [-0.25, -0.2) is 4.79 Å². The molecule has 0 aromatic heterocycles. The van der Waals surface area contributed by atoms with Crippen molar-refractivity contribution in [2.24, 2.45) is 0 Å². The average molecular weight is 260 g/mol. The summed E-state index contributed by atoms with van der Waals surface area (Å²) < 4.78 is 4.60. The maximum atomic E-state index is 11.3. The van der Waals surface area contributed by atoms with Crippen molar-refractivity contribution in [1.82, 2.24) is 10.6 Å². The molecular weight excluding hydrogens is 236 g/mol. The van der Waals surface area contributed by atoms with E-state index in [-0.39, 0.29) is 12.5 Å². The molecule has 0 aliphatic heterocycles. The maximum Gasteiger partial charge on any atom is 0.329 e. The SMILES string of the molecule is COC(=O)C(CNCCCCCCO)NC(C)=O. The highest BCUT2D eigenvalue weighted by molar-refractivity contribution is 5.83. The number of rotatable bonds is 10. The van der Waals surface area contributed by atoms with Crippen molar-refractivity contribution >= 4 is 11.9 Å². The van der Waals surface area contributed by atoms with Gasteiger partial charge >= 0.3 is 5.97 Å². The van der Waals surface area contributed by atoms with Crippen LogP contribution >= 0.6 is 0 Å². The summed E-state index contributed by atoms with van der Waals surface area (Å²) in [6.07, 6.45) is 3.85. The van der Waals surface area contributed by atoms with E-state index in [1.54, 1.807) is 0 Å². The standard InChI is InChI=1S/C12H24N2O4/c1-10(16)14-11(12(17)18-2)9-13-7-5-3-4-6-8-15/h11,13,15H,3-9H2,1-2H3,(H,14,16). The Bertz CT molecular complexity index is 246. The van der Waals surface area contributed by atoms with Gasteiger partial charge in [0.25, 0.3) is 0 Å². The van der Waals surface area contributed by atoms with Crippen LogP contribution in [0.1, 0.15) is 32.6 Å². The zero-order valence-electron chi connectivity index (χ0n) is 11.2. The van der Waals surface area contributed by atoms with Crippen LogP contribution in [0.2, 0.25) is 0 Å². The van der Waals surface area contributed by atoms with Crippen LogP contribution in [0.25, 0.3) is 0 Å². The van der Waals surface area contributed by atoms with Crippen molar-refractivity contribution in [2.75, 3.05) is 26.8 Å². The van der Waals surface area contributed by atoms with Gasteiger partial charge in [0, 0.05) is 20.1 Å². The Morgan fingerprint density at radius 3 is 2.44 bits per heavy atom. The van der Waals surface area contributed by atoms with Gasteiger partial charge in [-0.15, -0.1) is 0 Å². The van der Waals surface area contributed by atoms with Crippen LogP contribution in [-0.2, 0) is 14.3 Å². The number of nitrogens with one attached hydrogen (secondary N) is 2. The molecule has 6 nitrogen and oxygen atoms in total. The highest BCUT2D eigenvalue weighted by Gasteiger charge is 2.18. The van der Waals surface area contributed by atoms with E-state index in [1.165, 1.54) is 14.0 Å². The number of aliphatic hydroxyl groups excluding tert-OH is 1. The average Bonchev–Trinajstić information content (AvgIpc) is 2.34. The maximum absolute atomic E-state index is 11.3. The van der Waals surface area contributed by atoms with Gasteiger partial charge in [0.2, 0.25) is 5.91 Å². The van der Waals surface area contributed by atoms with E-state index in [9.17, 15) is 9.59 Å². The molecule has 0 aliphatic rings. The van der Waals surface area contributed by atoms with Crippen molar-refractivity contribution in [3.05, 3.63) is 0 Å². The molecule has 0 radical (unpaired) electrons. The van der Waals surface area contributed by atoms with Crippen molar-refractivity contribution in [3.8, 4) is 0 Å². The zero-order valence-corrected chi connectivity index (χ0v) is 11.2. The summed E-state index contributed by atoms with van der Waals surface area (Å²) in [6, 6.07) is -0.634. The third-order valence-corrected chi connectivity index (χ3v) is 2.47. The lowest BCUT2D eigenvalue weighted by Crippen LogP contribution is -2.47. The quantitative estimate of drug-likeness (QED) is 0.374. The Morgan fingerprint density at radius 1 is 1.22 bits per heavy atom. The summed E-state index contributed by atoms with van der Waals surface area (Å²) >= 11 is 0. The minimum absolute atomic E-state index is 0.236. The topological polar surface area (TPSA) is 87.7 Å². The first-order valence-corrected chi connectivity index (χ1v) is 6.28. The Balaban J connectivity index is 3.69. The molecule has 0 aliphatic carbocycles. The van der Waals surface area contributed by atoms with Crippen LogP contribution in [0, 0.1) is 0 Å². The van der Waals surface area contributed by atoms with Gasteiger partial charge in [-0.3, -0.25) is 4.79 Å². The molecule has 0 aromatic rings. The first-order chi connectivity index (χ1) is 8.61. The molecule has 6 heteroatoms. The molecule has 0 saturated carbocycles. The zero-order chi connectivity index (χ0) is 13.8. The Morgan fingerprint density at radius 2 is 1.89 bits per heavy atom. The molecule has 1 amide bonds.